The second kappa shape index (κ2) is 8.56. The first-order valence-corrected chi connectivity index (χ1v) is 9.61. The molecule has 2 atom stereocenters. The molecule has 2 amide bonds. The maximum Gasteiger partial charge on any atom is 0.317 e. The van der Waals surface area contributed by atoms with E-state index in [-0.39, 0.29) is 12.1 Å². The topological polar surface area (TPSA) is 44.8 Å². The van der Waals surface area contributed by atoms with Crippen LogP contribution in [-0.2, 0) is 4.74 Å². The predicted molar refractivity (Wildman–Crippen MR) is 101 cm³/mol. The van der Waals surface area contributed by atoms with Gasteiger partial charge < -0.3 is 19.9 Å². The van der Waals surface area contributed by atoms with E-state index in [1.807, 2.05) is 4.90 Å². The van der Waals surface area contributed by atoms with Gasteiger partial charge in [-0.1, -0.05) is 19.1 Å². The molecule has 2 aliphatic heterocycles. The summed E-state index contributed by atoms with van der Waals surface area (Å²) in [6.07, 6.45) is 3.44. The number of nitrogens with zero attached hydrogens (tertiary/aromatic N) is 2. The molecule has 0 saturated carbocycles. The fraction of sp³-hybridized carbons (Fsp3) is 0.650. The van der Waals surface area contributed by atoms with Crippen LogP contribution in [0.15, 0.2) is 24.3 Å². The number of amides is 2. The van der Waals surface area contributed by atoms with E-state index < -0.39 is 0 Å². The molecule has 1 N–H and O–H groups in total. The fourth-order valence-electron chi connectivity index (χ4n) is 3.62. The number of hydrogen-bond donors (Lipinski definition) is 1. The van der Waals surface area contributed by atoms with Crippen molar-refractivity contribution in [1.29, 1.82) is 0 Å². The van der Waals surface area contributed by atoms with Crippen molar-refractivity contribution in [3.8, 4) is 0 Å². The average molecular weight is 345 g/mol. The molecular weight excluding hydrogens is 314 g/mol. The summed E-state index contributed by atoms with van der Waals surface area (Å²) in [7, 11) is 0. The lowest BCUT2D eigenvalue weighted by Gasteiger charge is -2.29. The molecule has 2 unspecified atom stereocenters. The van der Waals surface area contributed by atoms with Gasteiger partial charge in [-0.3, -0.25) is 0 Å². The zero-order valence-corrected chi connectivity index (χ0v) is 15.5. The van der Waals surface area contributed by atoms with Crippen LogP contribution >= 0.6 is 0 Å². The van der Waals surface area contributed by atoms with Crippen LogP contribution in [0.4, 0.5) is 10.5 Å². The smallest absolute Gasteiger partial charge is 0.317 e. The molecule has 0 aromatic heterocycles. The molecule has 0 spiro atoms. The molecule has 0 bridgehead atoms. The minimum Gasteiger partial charge on any atom is -0.378 e. The number of urea groups is 1. The number of benzene rings is 1. The number of likely N-dealkylation sites (tertiary alicyclic amines) is 1. The Hall–Kier alpha value is -1.75. The van der Waals surface area contributed by atoms with Gasteiger partial charge in [-0.05, 0) is 49.8 Å². The zero-order chi connectivity index (χ0) is 17.6. The highest BCUT2D eigenvalue weighted by molar-refractivity contribution is 5.74. The Bertz CT molecular complexity index is 555. The van der Waals surface area contributed by atoms with Gasteiger partial charge in [0, 0.05) is 31.9 Å². The van der Waals surface area contributed by atoms with Crippen LogP contribution in [0.2, 0.25) is 0 Å². The van der Waals surface area contributed by atoms with Crippen LogP contribution in [0.5, 0.6) is 0 Å². The molecule has 2 saturated heterocycles. The molecule has 2 aliphatic rings. The largest absolute Gasteiger partial charge is 0.378 e. The highest BCUT2D eigenvalue weighted by atomic mass is 16.5. The second-order valence-electron chi connectivity index (χ2n) is 7.39. The number of morpholine rings is 1. The number of rotatable bonds is 3. The number of ether oxygens (including phenoxy) is 1. The first kappa shape index (κ1) is 18.1. The highest BCUT2D eigenvalue weighted by Gasteiger charge is 2.20. The van der Waals surface area contributed by atoms with Gasteiger partial charge in [0.2, 0.25) is 0 Å². The number of nitrogens with one attached hydrogen (secondary N) is 1. The van der Waals surface area contributed by atoms with Crippen molar-refractivity contribution >= 4 is 11.7 Å². The van der Waals surface area contributed by atoms with Crippen molar-refractivity contribution in [3.63, 3.8) is 0 Å². The first-order valence-electron chi connectivity index (χ1n) is 9.61. The average Bonchev–Trinajstić information content (AvgIpc) is 2.87. The Morgan fingerprint density at radius 3 is 2.56 bits per heavy atom. The zero-order valence-electron chi connectivity index (χ0n) is 15.5. The lowest BCUT2D eigenvalue weighted by Crippen LogP contribution is -2.41. The SMILES string of the molecule is CC1CCCN(C(=O)NC(C)c2ccc(N3CCOCC3)cc2)CC1. The van der Waals surface area contributed by atoms with Crippen molar-refractivity contribution in [1.82, 2.24) is 10.2 Å². The third kappa shape index (κ3) is 4.88. The van der Waals surface area contributed by atoms with Crippen LogP contribution < -0.4 is 10.2 Å². The third-order valence-corrected chi connectivity index (χ3v) is 5.41. The molecule has 1 aromatic carbocycles. The van der Waals surface area contributed by atoms with Gasteiger partial charge in [0.15, 0.2) is 0 Å². The van der Waals surface area contributed by atoms with E-state index in [0.29, 0.717) is 0 Å². The Labute approximate surface area is 151 Å². The van der Waals surface area contributed by atoms with Crippen LogP contribution in [0.25, 0.3) is 0 Å². The van der Waals surface area contributed by atoms with E-state index in [1.165, 1.54) is 12.1 Å². The maximum absolute atomic E-state index is 12.5. The lowest BCUT2D eigenvalue weighted by molar-refractivity contribution is 0.122. The maximum atomic E-state index is 12.5. The molecule has 0 aliphatic carbocycles. The van der Waals surface area contributed by atoms with Gasteiger partial charge in [-0.25, -0.2) is 4.79 Å². The summed E-state index contributed by atoms with van der Waals surface area (Å²) in [6.45, 7) is 9.56. The monoisotopic (exact) mass is 345 g/mol. The minimum atomic E-state index is 0.0203. The Balaban J connectivity index is 1.55. The van der Waals surface area contributed by atoms with E-state index in [2.05, 4.69) is 48.3 Å². The van der Waals surface area contributed by atoms with Gasteiger partial charge in [0.1, 0.15) is 0 Å². The summed E-state index contributed by atoms with van der Waals surface area (Å²) in [5.74, 6) is 0.725. The molecule has 3 rings (SSSR count). The molecule has 1 aromatic rings. The normalized spacial score (nSPS) is 23.0. The van der Waals surface area contributed by atoms with Crippen LogP contribution in [0, 0.1) is 5.92 Å². The van der Waals surface area contributed by atoms with E-state index in [1.54, 1.807) is 0 Å². The minimum absolute atomic E-state index is 0.0203. The van der Waals surface area contributed by atoms with Gasteiger partial charge in [0.25, 0.3) is 0 Å². The van der Waals surface area contributed by atoms with Crippen LogP contribution in [0.1, 0.15) is 44.7 Å². The van der Waals surface area contributed by atoms with Crippen molar-refractivity contribution in [3.05, 3.63) is 29.8 Å². The van der Waals surface area contributed by atoms with Crippen LogP contribution in [-0.4, -0.2) is 50.3 Å². The predicted octanol–water partition coefficient (Wildman–Crippen LogP) is 3.42. The molecule has 2 heterocycles. The quantitative estimate of drug-likeness (QED) is 0.913. The molecule has 0 radical (unpaired) electrons. The van der Waals surface area contributed by atoms with Gasteiger partial charge >= 0.3 is 6.03 Å². The summed E-state index contributed by atoms with van der Waals surface area (Å²) in [5.41, 5.74) is 2.38. The summed E-state index contributed by atoms with van der Waals surface area (Å²) in [4.78, 5) is 16.9. The van der Waals surface area contributed by atoms with E-state index in [0.717, 1.165) is 63.7 Å². The number of hydrogen-bond acceptors (Lipinski definition) is 3. The summed E-state index contributed by atoms with van der Waals surface area (Å²) in [5, 5.41) is 3.16. The molecule has 5 nitrogen and oxygen atoms in total. The van der Waals surface area contributed by atoms with E-state index in [9.17, 15) is 4.79 Å². The Kier molecular flexibility index (Phi) is 6.19. The lowest BCUT2D eigenvalue weighted by atomic mass is 10.0. The molecule has 138 valence electrons. The second-order valence-corrected chi connectivity index (χ2v) is 7.39. The van der Waals surface area contributed by atoms with Gasteiger partial charge in [-0.2, -0.15) is 0 Å². The van der Waals surface area contributed by atoms with E-state index in [4.69, 9.17) is 4.74 Å². The van der Waals surface area contributed by atoms with Gasteiger partial charge in [0.05, 0.1) is 19.3 Å². The first-order chi connectivity index (χ1) is 12.1. The third-order valence-electron chi connectivity index (χ3n) is 5.41. The molecule has 2 fully saturated rings. The van der Waals surface area contributed by atoms with E-state index >= 15 is 0 Å². The molecule has 5 heteroatoms. The van der Waals surface area contributed by atoms with Gasteiger partial charge in [-0.15, -0.1) is 0 Å². The van der Waals surface area contributed by atoms with Crippen molar-refractivity contribution in [2.24, 2.45) is 5.92 Å². The Morgan fingerprint density at radius 1 is 1.12 bits per heavy atom. The molecule has 25 heavy (non-hydrogen) atoms. The summed E-state index contributed by atoms with van der Waals surface area (Å²) < 4.78 is 5.41. The van der Waals surface area contributed by atoms with Crippen molar-refractivity contribution < 1.29 is 9.53 Å². The summed E-state index contributed by atoms with van der Waals surface area (Å²) >= 11 is 0. The van der Waals surface area contributed by atoms with Crippen molar-refractivity contribution in [2.45, 2.75) is 39.2 Å². The van der Waals surface area contributed by atoms with Crippen molar-refractivity contribution in [2.75, 3.05) is 44.3 Å². The molecular formula is C20H31N3O2. The number of carbonyl (C=O) groups is 1. The highest BCUT2D eigenvalue weighted by Crippen LogP contribution is 2.21. The number of anilines is 1. The Morgan fingerprint density at radius 2 is 1.84 bits per heavy atom. The van der Waals surface area contributed by atoms with Crippen LogP contribution in [0.3, 0.4) is 0 Å². The number of carbonyl (C=O) groups excluding carboxylic acids is 1. The fourth-order valence-corrected chi connectivity index (χ4v) is 3.62. The summed E-state index contributed by atoms with van der Waals surface area (Å²) in [6, 6.07) is 8.64. The standard InChI is InChI=1S/C20H31N3O2/c1-16-4-3-10-23(11-9-16)20(24)21-17(2)18-5-7-19(8-6-18)22-12-14-25-15-13-22/h5-8,16-17H,3-4,9-15H2,1-2H3,(H,21,24).